The van der Waals surface area contributed by atoms with E-state index in [-0.39, 0.29) is 6.04 Å². The van der Waals surface area contributed by atoms with E-state index in [1.54, 1.807) is 6.26 Å². The maximum absolute atomic E-state index is 5.38. The molecule has 0 spiro atoms. The van der Waals surface area contributed by atoms with Crippen LogP contribution >= 0.6 is 0 Å². The van der Waals surface area contributed by atoms with Gasteiger partial charge in [-0.05, 0) is 37.6 Å². The highest BCUT2D eigenvalue weighted by Crippen LogP contribution is 2.18. The molecule has 0 unspecified atom stereocenters. The molecule has 3 aromatic heterocycles. The van der Waals surface area contributed by atoms with Crippen LogP contribution in [0.2, 0.25) is 0 Å². The van der Waals surface area contributed by atoms with Gasteiger partial charge in [-0.1, -0.05) is 0 Å². The lowest BCUT2D eigenvalue weighted by Crippen LogP contribution is -2.17. The Labute approximate surface area is 117 Å². The molecule has 0 aromatic carbocycles. The first-order chi connectivity index (χ1) is 9.65. The first kappa shape index (κ1) is 12.9. The molecular formula is C15H18N4O. The molecule has 3 rings (SSSR count). The molecule has 3 heterocycles. The van der Waals surface area contributed by atoms with Crippen LogP contribution in [0.15, 0.2) is 35.1 Å². The third kappa shape index (κ3) is 2.32. The SMILES string of the molecule is Cc1nn(C)c2ncc(CN[C@H](C)c3ccco3)cc12. The third-order valence-corrected chi connectivity index (χ3v) is 3.50. The highest BCUT2D eigenvalue weighted by Gasteiger charge is 2.10. The molecule has 1 N–H and O–H groups in total. The van der Waals surface area contributed by atoms with E-state index in [2.05, 4.69) is 28.4 Å². The van der Waals surface area contributed by atoms with Crippen molar-refractivity contribution in [3.05, 3.63) is 47.7 Å². The second kappa shape index (κ2) is 5.09. The van der Waals surface area contributed by atoms with Crippen molar-refractivity contribution in [2.45, 2.75) is 26.4 Å². The number of hydrogen-bond acceptors (Lipinski definition) is 4. The van der Waals surface area contributed by atoms with Crippen LogP contribution in [0.5, 0.6) is 0 Å². The zero-order valence-corrected chi connectivity index (χ0v) is 11.9. The van der Waals surface area contributed by atoms with Crippen LogP contribution in [-0.2, 0) is 13.6 Å². The minimum atomic E-state index is 0.177. The van der Waals surface area contributed by atoms with Crippen molar-refractivity contribution in [2.75, 3.05) is 0 Å². The lowest BCUT2D eigenvalue weighted by Gasteiger charge is -2.11. The Morgan fingerprint density at radius 3 is 3.05 bits per heavy atom. The lowest BCUT2D eigenvalue weighted by atomic mass is 10.2. The fourth-order valence-corrected chi connectivity index (χ4v) is 2.36. The van der Waals surface area contributed by atoms with E-state index in [4.69, 9.17) is 4.42 Å². The summed E-state index contributed by atoms with van der Waals surface area (Å²) in [5.41, 5.74) is 3.08. The van der Waals surface area contributed by atoms with Gasteiger partial charge in [0.15, 0.2) is 5.65 Å². The molecular weight excluding hydrogens is 252 g/mol. The van der Waals surface area contributed by atoms with Crippen LogP contribution in [0.3, 0.4) is 0 Å². The molecule has 5 heteroatoms. The highest BCUT2D eigenvalue weighted by atomic mass is 16.3. The van der Waals surface area contributed by atoms with Crippen molar-refractivity contribution < 1.29 is 4.42 Å². The van der Waals surface area contributed by atoms with E-state index in [0.717, 1.165) is 34.6 Å². The quantitative estimate of drug-likeness (QED) is 0.792. The van der Waals surface area contributed by atoms with Crippen LogP contribution in [0, 0.1) is 6.92 Å². The number of pyridine rings is 1. The Hall–Kier alpha value is -2.14. The largest absolute Gasteiger partial charge is 0.468 e. The Balaban J connectivity index is 1.76. The standard InChI is InChI=1S/C15H18N4O/c1-10-13-7-12(9-17-15(13)19(3)18-10)8-16-11(2)14-5-4-6-20-14/h4-7,9,11,16H,8H2,1-3H3/t11-/m1/s1. The number of furan rings is 1. The fraction of sp³-hybridized carbons (Fsp3) is 0.333. The van der Waals surface area contributed by atoms with E-state index in [1.165, 1.54) is 0 Å². The predicted octanol–water partition coefficient (Wildman–Crippen LogP) is 2.72. The summed E-state index contributed by atoms with van der Waals surface area (Å²) in [6.45, 7) is 4.84. The topological polar surface area (TPSA) is 55.9 Å². The zero-order valence-electron chi connectivity index (χ0n) is 11.9. The maximum atomic E-state index is 5.38. The molecule has 1 atom stereocenters. The lowest BCUT2D eigenvalue weighted by molar-refractivity contribution is 0.430. The van der Waals surface area contributed by atoms with Crippen molar-refractivity contribution in [1.29, 1.82) is 0 Å². The summed E-state index contributed by atoms with van der Waals surface area (Å²) in [5.74, 6) is 0.941. The van der Waals surface area contributed by atoms with E-state index in [0.29, 0.717) is 0 Å². The minimum Gasteiger partial charge on any atom is -0.468 e. The molecule has 0 saturated heterocycles. The number of aryl methyl sites for hydroxylation is 2. The van der Waals surface area contributed by atoms with Gasteiger partial charge in [-0.3, -0.25) is 4.68 Å². The van der Waals surface area contributed by atoms with E-state index < -0.39 is 0 Å². The van der Waals surface area contributed by atoms with Crippen LogP contribution in [-0.4, -0.2) is 14.8 Å². The first-order valence-electron chi connectivity index (χ1n) is 6.70. The van der Waals surface area contributed by atoms with Gasteiger partial charge < -0.3 is 9.73 Å². The summed E-state index contributed by atoms with van der Waals surface area (Å²) in [6, 6.07) is 6.20. The molecule has 3 aromatic rings. The maximum Gasteiger partial charge on any atom is 0.157 e. The van der Waals surface area contributed by atoms with Crippen LogP contribution < -0.4 is 5.32 Å². The summed E-state index contributed by atoms with van der Waals surface area (Å²) in [5, 5.41) is 8.93. The highest BCUT2D eigenvalue weighted by molar-refractivity contribution is 5.78. The average molecular weight is 270 g/mol. The van der Waals surface area contributed by atoms with Crippen molar-refractivity contribution in [3.8, 4) is 0 Å². The Bertz CT molecular complexity index is 715. The molecule has 0 aliphatic carbocycles. The molecule has 0 radical (unpaired) electrons. The van der Waals surface area contributed by atoms with Gasteiger partial charge in [0.25, 0.3) is 0 Å². The predicted molar refractivity (Wildman–Crippen MR) is 77.2 cm³/mol. The number of nitrogens with zero attached hydrogens (tertiary/aromatic N) is 3. The average Bonchev–Trinajstić information content (AvgIpc) is 3.06. The van der Waals surface area contributed by atoms with E-state index >= 15 is 0 Å². The van der Waals surface area contributed by atoms with Crippen molar-refractivity contribution in [1.82, 2.24) is 20.1 Å². The number of rotatable bonds is 4. The molecule has 0 fully saturated rings. The van der Waals surface area contributed by atoms with Crippen LogP contribution in [0.25, 0.3) is 11.0 Å². The minimum absolute atomic E-state index is 0.177. The van der Waals surface area contributed by atoms with Gasteiger partial charge in [-0.25, -0.2) is 4.98 Å². The Morgan fingerprint density at radius 2 is 2.30 bits per heavy atom. The monoisotopic (exact) mass is 270 g/mol. The van der Waals surface area contributed by atoms with E-state index in [1.807, 2.05) is 37.0 Å². The second-order valence-corrected chi connectivity index (χ2v) is 5.04. The van der Waals surface area contributed by atoms with Gasteiger partial charge in [0.2, 0.25) is 0 Å². The first-order valence-corrected chi connectivity index (χ1v) is 6.70. The van der Waals surface area contributed by atoms with Gasteiger partial charge in [0.1, 0.15) is 5.76 Å². The summed E-state index contributed by atoms with van der Waals surface area (Å²) < 4.78 is 7.20. The number of hydrogen-bond donors (Lipinski definition) is 1. The number of fused-ring (bicyclic) bond motifs is 1. The smallest absolute Gasteiger partial charge is 0.157 e. The van der Waals surface area contributed by atoms with Gasteiger partial charge >= 0.3 is 0 Å². The van der Waals surface area contributed by atoms with Crippen molar-refractivity contribution in [2.24, 2.45) is 7.05 Å². The van der Waals surface area contributed by atoms with Gasteiger partial charge in [0.05, 0.1) is 18.0 Å². The zero-order chi connectivity index (χ0) is 14.1. The van der Waals surface area contributed by atoms with Gasteiger partial charge in [0, 0.05) is 25.2 Å². The van der Waals surface area contributed by atoms with Crippen molar-refractivity contribution in [3.63, 3.8) is 0 Å². The molecule has 0 bridgehead atoms. The summed E-state index contributed by atoms with van der Waals surface area (Å²) in [4.78, 5) is 4.48. The third-order valence-electron chi connectivity index (χ3n) is 3.50. The number of aromatic nitrogens is 3. The number of nitrogens with one attached hydrogen (secondary N) is 1. The summed E-state index contributed by atoms with van der Waals surface area (Å²) in [6.07, 6.45) is 3.59. The summed E-state index contributed by atoms with van der Waals surface area (Å²) in [7, 11) is 1.92. The molecule has 0 aliphatic heterocycles. The molecule has 20 heavy (non-hydrogen) atoms. The molecule has 0 saturated carbocycles. The molecule has 104 valence electrons. The molecule has 0 amide bonds. The van der Waals surface area contributed by atoms with Gasteiger partial charge in [-0.2, -0.15) is 5.10 Å². The Kier molecular flexibility index (Phi) is 3.28. The molecule has 0 aliphatic rings. The van der Waals surface area contributed by atoms with Crippen LogP contribution in [0.4, 0.5) is 0 Å². The second-order valence-electron chi connectivity index (χ2n) is 5.04. The summed E-state index contributed by atoms with van der Waals surface area (Å²) >= 11 is 0. The normalized spacial score (nSPS) is 12.9. The molecule has 5 nitrogen and oxygen atoms in total. The van der Waals surface area contributed by atoms with Crippen molar-refractivity contribution >= 4 is 11.0 Å². The van der Waals surface area contributed by atoms with Gasteiger partial charge in [-0.15, -0.1) is 0 Å². The Morgan fingerprint density at radius 1 is 1.45 bits per heavy atom. The van der Waals surface area contributed by atoms with E-state index in [9.17, 15) is 0 Å². The fourth-order valence-electron chi connectivity index (χ4n) is 2.36. The van der Waals surface area contributed by atoms with Crippen LogP contribution in [0.1, 0.15) is 30.0 Å².